The van der Waals surface area contributed by atoms with Crippen molar-refractivity contribution < 1.29 is 18.8 Å². The number of hydrogen-bond acceptors (Lipinski definition) is 8. The van der Waals surface area contributed by atoms with Gasteiger partial charge in [0.25, 0.3) is 0 Å². The van der Waals surface area contributed by atoms with E-state index in [1.165, 1.54) is 0 Å². The second-order valence-corrected chi connectivity index (χ2v) is 8.23. The van der Waals surface area contributed by atoms with Gasteiger partial charge in [-0.25, -0.2) is 0 Å². The molecule has 3 N–H and O–H groups in total. The van der Waals surface area contributed by atoms with Gasteiger partial charge in [-0.3, -0.25) is 0 Å². The smallest absolute Gasteiger partial charge is 0.368 e. The summed E-state index contributed by atoms with van der Waals surface area (Å²) >= 11 is 0. The van der Waals surface area contributed by atoms with Gasteiger partial charge >= 0.3 is 9.05 Å². The Morgan fingerprint density at radius 3 is 0.800 bits per heavy atom. The Balaban J connectivity index is -0.0000000467. The number of rotatable bonds is 3. The Labute approximate surface area is 164 Å². The van der Waals surface area contributed by atoms with Crippen molar-refractivity contribution in [3.63, 3.8) is 0 Å². The molecule has 0 bridgehead atoms. The van der Waals surface area contributed by atoms with E-state index in [2.05, 4.69) is 4.43 Å². The van der Waals surface area contributed by atoms with Crippen LogP contribution in [0.1, 0.15) is 13.3 Å². The summed E-state index contributed by atoms with van der Waals surface area (Å²) in [5.74, 6) is 0. The number of hydrogen-bond donors (Lipinski definition) is 3. The average molecular weight is 411 g/mol. The van der Waals surface area contributed by atoms with Gasteiger partial charge in [-0.2, -0.15) is 0 Å². The zero-order chi connectivity index (χ0) is 20.9. The van der Waals surface area contributed by atoms with Gasteiger partial charge < -0.3 is 38.4 Å². The highest BCUT2D eigenvalue weighted by Gasteiger charge is 2.29. The molecule has 0 rings (SSSR count). The van der Waals surface area contributed by atoms with Crippen molar-refractivity contribution in [2.45, 2.75) is 13.3 Å². The molecule has 10 heteroatoms. The van der Waals surface area contributed by atoms with Crippen LogP contribution in [0.15, 0.2) is 0 Å². The van der Waals surface area contributed by atoms with E-state index < -0.39 is 9.05 Å². The van der Waals surface area contributed by atoms with Crippen LogP contribution in [0, 0.1) is 0 Å². The number of halogens is 1. The highest BCUT2D eigenvalue weighted by atomic mass is 35.5. The Kier molecular flexibility index (Phi) is 46.4. The summed E-state index contributed by atoms with van der Waals surface area (Å²) < 4.78 is 4.18. The lowest BCUT2D eigenvalue weighted by molar-refractivity contribution is 0.0636. The van der Waals surface area contributed by atoms with Crippen molar-refractivity contribution in [1.29, 1.82) is 0 Å². The van der Waals surface area contributed by atoms with E-state index in [0.717, 1.165) is 0 Å². The normalized spacial score (nSPS) is 9.60. The van der Waals surface area contributed by atoms with Crippen LogP contribution in [0.4, 0.5) is 0 Å². The lowest BCUT2D eigenvalue weighted by Crippen LogP contribution is -2.39. The molecule has 0 atom stereocenters. The van der Waals surface area contributed by atoms with E-state index in [1.54, 1.807) is 6.92 Å². The van der Waals surface area contributed by atoms with Crippen LogP contribution in [-0.4, -0.2) is 134 Å². The zero-order valence-corrected chi connectivity index (χ0v) is 20.7. The van der Waals surface area contributed by atoms with E-state index in [0.29, 0.717) is 6.42 Å². The molecule has 0 amide bonds. The third-order valence-electron chi connectivity index (χ3n) is 0.500. The third-order valence-corrected chi connectivity index (χ3v) is 1.09. The molecule has 0 aromatic heterocycles. The maximum atomic E-state index is 8.18. The third kappa shape index (κ3) is 443. The molecule has 0 aromatic carbocycles. The van der Waals surface area contributed by atoms with Crippen molar-refractivity contribution >= 4 is 21.5 Å². The highest BCUT2D eigenvalue weighted by Crippen LogP contribution is 1.89. The van der Waals surface area contributed by atoms with Gasteiger partial charge in [0.2, 0.25) is 0 Å². The zero-order valence-electron chi connectivity index (χ0n) is 18.9. The largest absolute Gasteiger partial charge is 0.671 e. The van der Waals surface area contributed by atoms with Crippen molar-refractivity contribution in [2.75, 3.05) is 91.2 Å². The molecule has 0 unspecified atom stereocenters. The molecular weight excluding hydrogens is 364 g/mol. The van der Waals surface area contributed by atoms with Crippen LogP contribution in [0.5, 0.6) is 0 Å². The van der Waals surface area contributed by atoms with Gasteiger partial charge in [0, 0.05) is 6.61 Å². The molecular formula is C15H47ClN4O4Si. The summed E-state index contributed by atoms with van der Waals surface area (Å²) in [5.41, 5.74) is 0. The summed E-state index contributed by atoms with van der Waals surface area (Å²) in [4.78, 5) is 32.5. The van der Waals surface area contributed by atoms with E-state index in [9.17, 15) is 0 Å². The lowest BCUT2D eigenvalue weighted by Gasteiger charge is -2.07. The molecule has 0 aromatic rings. The van der Waals surface area contributed by atoms with Gasteiger partial charge in [-0.1, -0.05) is 6.92 Å². The fraction of sp³-hybridized carbons (Fsp3) is 1.00. The standard InChI is InChI=1S/4C3H9N.C3H10O4Si.ClH/c4*1-4(2)3;1-2-3-7-8(4,5)6;/h4*1-3H3;4-6H,2-3H2,1H3;1H. The summed E-state index contributed by atoms with van der Waals surface area (Å²) in [6.07, 6.45) is 0.663. The first kappa shape index (κ1) is 40.0. The Morgan fingerprint density at radius 2 is 0.760 bits per heavy atom. The van der Waals surface area contributed by atoms with E-state index in [1.807, 2.05) is 104 Å². The van der Waals surface area contributed by atoms with E-state index in [4.69, 9.17) is 14.4 Å². The average Bonchev–Trinajstić information content (AvgIpc) is 2.21. The monoisotopic (exact) mass is 410 g/mol. The summed E-state index contributed by atoms with van der Waals surface area (Å²) in [7, 11) is 19.8. The molecule has 0 aliphatic heterocycles. The van der Waals surface area contributed by atoms with Crippen molar-refractivity contribution in [3.05, 3.63) is 0 Å². The van der Waals surface area contributed by atoms with Gasteiger partial charge in [0.1, 0.15) is 0 Å². The minimum absolute atomic E-state index is 0. The summed E-state index contributed by atoms with van der Waals surface area (Å²) in [6.45, 7) is 2.00. The predicted octanol–water partition coefficient (Wildman–Crippen LogP) is -0.0415. The summed E-state index contributed by atoms with van der Waals surface area (Å²) in [6, 6.07) is 0. The molecule has 0 saturated heterocycles. The quantitative estimate of drug-likeness (QED) is 0.559. The van der Waals surface area contributed by atoms with Gasteiger partial charge in [0.15, 0.2) is 0 Å². The molecule has 25 heavy (non-hydrogen) atoms. The fourth-order valence-corrected chi connectivity index (χ4v) is 0.717. The predicted molar refractivity (Wildman–Crippen MR) is 114 cm³/mol. The molecule has 0 fully saturated rings. The van der Waals surface area contributed by atoms with Crippen molar-refractivity contribution in [1.82, 2.24) is 19.6 Å². The fourth-order valence-electron chi connectivity index (χ4n) is 0.239. The Hall–Kier alpha value is 0.187. The van der Waals surface area contributed by atoms with E-state index >= 15 is 0 Å². The van der Waals surface area contributed by atoms with Gasteiger partial charge in [0.05, 0.1) is 0 Å². The lowest BCUT2D eigenvalue weighted by atomic mass is 10.5. The minimum atomic E-state index is -4.18. The first-order valence-corrected chi connectivity index (χ1v) is 9.49. The maximum Gasteiger partial charge on any atom is 0.671 e. The molecule has 162 valence electrons. The van der Waals surface area contributed by atoms with Crippen molar-refractivity contribution in [3.8, 4) is 0 Å². The molecule has 8 nitrogen and oxygen atoms in total. The van der Waals surface area contributed by atoms with Crippen LogP contribution >= 0.6 is 12.4 Å². The second-order valence-electron chi connectivity index (χ2n) is 6.79. The highest BCUT2D eigenvalue weighted by molar-refractivity contribution is 6.48. The van der Waals surface area contributed by atoms with Crippen LogP contribution in [0.2, 0.25) is 0 Å². The molecule has 0 spiro atoms. The summed E-state index contributed by atoms with van der Waals surface area (Å²) in [5, 5.41) is 0. The maximum absolute atomic E-state index is 8.18. The molecule has 0 radical (unpaired) electrons. The molecule has 0 heterocycles. The number of nitrogens with zero attached hydrogens (tertiary/aromatic N) is 4. The first-order valence-electron chi connectivity index (χ1n) is 7.74. The SMILES string of the molecule is CCCO[Si](O)(O)O.CN(C)C.CN(C)C.CN(C)C.CN(C)C.Cl. The molecule has 0 saturated carbocycles. The van der Waals surface area contributed by atoms with E-state index in [-0.39, 0.29) is 19.0 Å². The van der Waals surface area contributed by atoms with Crippen LogP contribution in [-0.2, 0) is 4.43 Å². The van der Waals surface area contributed by atoms with Crippen LogP contribution in [0.25, 0.3) is 0 Å². The second kappa shape index (κ2) is 29.0. The van der Waals surface area contributed by atoms with Crippen LogP contribution < -0.4 is 0 Å². The van der Waals surface area contributed by atoms with Gasteiger partial charge in [-0.05, 0) is 91.0 Å². The Morgan fingerprint density at radius 1 is 0.600 bits per heavy atom. The van der Waals surface area contributed by atoms with Gasteiger partial charge in [-0.15, -0.1) is 12.4 Å². The van der Waals surface area contributed by atoms with Crippen molar-refractivity contribution in [2.24, 2.45) is 0 Å². The molecule has 0 aliphatic rings. The Bertz CT molecular complexity index is 173. The molecule has 0 aliphatic carbocycles. The first-order chi connectivity index (χ1) is 10.5. The topological polar surface area (TPSA) is 82.9 Å². The minimum Gasteiger partial charge on any atom is -0.368 e. The van der Waals surface area contributed by atoms with Crippen LogP contribution in [0.3, 0.4) is 0 Å².